The third kappa shape index (κ3) is 3.51. The Morgan fingerprint density at radius 1 is 0.913 bits per heavy atom. The fourth-order valence-corrected chi connectivity index (χ4v) is 3.97. The van der Waals surface area contributed by atoms with E-state index in [4.69, 9.17) is 5.11 Å². The van der Waals surface area contributed by atoms with Crippen LogP contribution in [-0.2, 0) is 14.4 Å². The Morgan fingerprint density at radius 3 is 2.17 bits per heavy atom. The molecule has 1 N–H and O–H groups in total. The molecule has 3 rings (SSSR count). The summed E-state index contributed by atoms with van der Waals surface area (Å²) in [6.07, 6.45) is 4.17. The van der Waals surface area contributed by atoms with E-state index in [1.165, 1.54) is 6.42 Å². The third-order valence-electron chi connectivity index (χ3n) is 5.55. The number of carboxylic acid groups (broad SMARTS) is 1. The maximum atomic E-state index is 12.6. The highest BCUT2D eigenvalue weighted by Crippen LogP contribution is 2.40. The highest BCUT2D eigenvalue weighted by Gasteiger charge is 2.50. The van der Waals surface area contributed by atoms with Crippen molar-refractivity contribution in [2.45, 2.75) is 39.0 Å². The van der Waals surface area contributed by atoms with Gasteiger partial charge in [-0.1, -0.05) is 6.92 Å². The summed E-state index contributed by atoms with van der Waals surface area (Å²) in [6, 6.07) is 0. The van der Waals surface area contributed by atoms with E-state index in [2.05, 4.69) is 6.92 Å². The Morgan fingerprint density at radius 2 is 1.61 bits per heavy atom. The number of carbonyl (C=O) groups excluding carboxylic acids is 2. The van der Waals surface area contributed by atoms with Crippen molar-refractivity contribution in [2.75, 3.05) is 26.2 Å². The molecule has 0 radical (unpaired) electrons. The zero-order valence-corrected chi connectivity index (χ0v) is 13.7. The van der Waals surface area contributed by atoms with Gasteiger partial charge in [0.05, 0.1) is 11.8 Å². The van der Waals surface area contributed by atoms with Crippen LogP contribution in [0.15, 0.2) is 0 Å². The Labute approximate surface area is 136 Å². The van der Waals surface area contributed by atoms with E-state index >= 15 is 0 Å². The van der Waals surface area contributed by atoms with Crippen LogP contribution in [0.5, 0.6) is 0 Å². The molecule has 3 aliphatic rings. The minimum absolute atomic E-state index is 0.0267. The average Bonchev–Trinajstić information content (AvgIpc) is 3.34. The van der Waals surface area contributed by atoms with Crippen molar-refractivity contribution in [1.82, 2.24) is 9.80 Å². The van der Waals surface area contributed by atoms with Crippen molar-refractivity contribution in [2.24, 2.45) is 23.7 Å². The Hall–Kier alpha value is -1.59. The predicted octanol–water partition coefficient (Wildman–Crippen LogP) is 1.20. The maximum absolute atomic E-state index is 12.6. The van der Waals surface area contributed by atoms with Gasteiger partial charge in [-0.2, -0.15) is 0 Å². The number of hydrogen-bond acceptors (Lipinski definition) is 3. The molecular formula is C17H26N2O4. The largest absolute Gasteiger partial charge is 0.481 e. The van der Waals surface area contributed by atoms with Crippen molar-refractivity contribution >= 4 is 17.8 Å². The van der Waals surface area contributed by atoms with Gasteiger partial charge in [0.2, 0.25) is 11.8 Å². The van der Waals surface area contributed by atoms with Crippen molar-refractivity contribution < 1.29 is 19.5 Å². The second kappa shape index (κ2) is 6.49. The molecule has 0 aromatic heterocycles. The van der Waals surface area contributed by atoms with Gasteiger partial charge in [-0.3, -0.25) is 14.4 Å². The van der Waals surface area contributed by atoms with E-state index in [-0.39, 0.29) is 23.7 Å². The molecule has 2 amide bonds. The Balaban J connectivity index is 1.47. The zero-order valence-electron chi connectivity index (χ0n) is 13.7. The van der Waals surface area contributed by atoms with Crippen LogP contribution in [0.1, 0.15) is 39.0 Å². The Kier molecular flexibility index (Phi) is 4.60. The maximum Gasteiger partial charge on any atom is 0.307 e. The number of aliphatic carboxylic acids is 1. The van der Waals surface area contributed by atoms with Gasteiger partial charge in [-0.05, 0) is 38.0 Å². The van der Waals surface area contributed by atoms with Gasteiger partial charge in [0.15, 0.2) is 0 Å². The number of piperidine rings is 2. The number of rotatable bonds is 3. The lowest BCUT2D eigenvalue weighted by atomic mass is 9.92. The molecule has 1 saturated carbocycles. The van der Waals surface area contributed by atoms with Crippen LogP contribution in [0, 0.1) is 23.7 Å². The van der Waals surface area contributed by atoms with Gasteiger partial charge < -0.3 is 14.9 Å². The van der Waals surface area contributed by atoms with E-state index in [1.807, 2.05) is 4.90 Å². The summed E-state index contributed by atoms with van der Waals surface area (Å²) in [6.45, 7) is 5.09. The minimum atomic E-state index is -0.868. The topological polar surface area (TPSA) is 77.9 Å². The van der Waals surface area contributed by atoms with Gasteiger partial charge in [0.25, 0.3) is 0 Å². The molecule has 2 saturated heterocycles. The van der Waals surface area contributed by atoms with E-state index in [0.29, 0.717) is 38.3 Å². The first-order valence-electron chi connectivity index (χ1n) is 8.77. The molecule has 6 heteroatoms. The lowest BCUT2D eigenvalue weighted by Gasteiger charge is -2.37. The molecule has 0 aromatic carbocycles. The molecule has 1 aliphatic carbocycles. The molecule has 3 fully saturated rings. The van der Waals surface area contributed by atoms with Gasteiger partial charge in [0.1, 0.15) is 0 Å². The second-order valence-corrected chi connectivity index (χ2v) is 7.42. The summed E-state index contributed by atoms with van der Waals surface area (Å²) in [7, 11) is 0. The standard InChI is InChI=1S/C17H26N2O4/c1-11-3-2-6-19(10-11)15(20)12-4-7-18(8-5-12)16(21)13-9-14(13)17(22)23/h11-14H,2-10H2,1H3,(H,22,23). The molecule has 0 spiro atoms. The summed E-state index contributed by atoms with van der Waals surface area (Å²) < 4.78 is 0. The smallest absolute Gasteiger partial charge is 0.307 e. The minimum Gasteiger partial charge on any atom is -0.481 e. The molecule has 23 heavy (non-hydrogen) atoms. The first-order valence-corrected chi connectivity index (χ1v) is 8.77. The van der Waals surface area contributed by atoms with E-state index in [0.717, 1.165) is 19.5 Å². The lowest BCUT2D eigenvalue weighted by Crippen LogP contribution is -2.47. The van der Waals surface area contributed by atoms with Crippen LogP contribution in [0.3, 0.4) is 0 Å². The van der Waals surface area contributed by atoms with Crippen molar-refractivity contribution in [3.63, 3.8) is 0 Å². The fraction of sp³-hybridized carbons (Fsp3) is 0.824. The molecule has 3 atom stereocenters. The number of carbonyl (C=O) groups is 3. The predicted molar refractivity (Wildman–Crippen MR) is 83.5 cm³/mol. The van der Waals surface area contributed by atoms with Gasteiger partial charge in [0, 0.05) is 32.1 Å². The lowest BCUT2D eigenvalue weighted by molar-refractivity contribution is -0.144. The molecule has 128 valence electrons. The SMILES string of the molecule is CC1CCCN(C(=O)C2CCN(C(=O)C3CC3C(=O)O)CC2)C1. The molecular weight excluding hydrogens is 296 g/mol. The molecule has 2 aliphatic heterocycles. The van der Waals surface area contributed by atoms with Crippen LogP contribution >= 0.6 is 0 Å². The number of amides is 2. The third-order valence-corrected chi connectivity index (χ3v) is 5.55. The molecule has 2 heterocycles. The van der Waals surface area contributed by atoms with Crippen LogP contribution in [0.2, 0.25) is 0 Å². The number of likely N-dealkylation sites (tertiary alicyclic amines) is 2. The molecule has 0 aromatic rings. The highest BCUT2D eigenvalue weighted by molar-refractivity contribution is 5.89. The molecule has 3 unspecified atom stereocenters. The van der Waals surface area contributed by atoms with Crippen LogP contribution in [-0.4, -0.2) is 58.9 Å². The summed E-state index contributed by atoms with van der Waals surface area (Å²) in [5, 5.41) is 8.93. The number of nitrogens with zero attached hydrogens (tertiary/aromatic N) is 2. The van der Waals surface area contributed by atoms with Crippen LogP contribution in [0.25, 0.3) is 0 Å². The zero-order chi connectivity index (χ0) is 16.6. The van der Waals surface area contributed by atoms with Crippen molar-refractivity contribution in [3.05, 3.63) is 0 Å². The van der Waals surface area contributed by atoms with Gasteiger partial charge in [-0.15, -0.1) is 0 Å². The van der Waals surface area contributed by atoms with Gasteiger partial charge >= 0.3 is 5.97 Å². The average molecular weight is 322 g/mol. The summed E-state index contributed by atoms with van der Waals surface area (Å²) in [5.41, 5.74) is 0. The van der Waals surface area contributed by atoms with Gasteiger partial charge in [-0.25, -0.2) is 0 Å². The van der Waals surface area contributed by atoms with E-state index < -0.39 is 11.9 Å². The quantitative estimate of drug-likeness (QED) is 0.847. The highest BCUT2D eigenvalue weighted by atomic mass is 16.4. The monoisotopic (exact) mass is 322 g/mol. The summed E-state index contributed by atoms with van der Waals surface area (Å²) in [5.74, 6) is -0.864. The molecule has 6 nitrogen and oxygen atoms in total. The van der Waals surface area contributed by atoms with Crippen molar-refractivity contribution in [3.8, 4) is 0 Å². The first-order chi connectivity index (χ1) is 11.0. The Bertz CT molecular complexity index is 499. The van der Waals surface area contributed by atoms with E-state index in [1.54, 1.807) is 4.90 Å². The number of hydrogen-bond donors (Lipinski definition) is 1. The fourth-order valence-electron chi connectivity index (χ4n) is 3.97. The number of carboxylic acids is 1. The summed E-state index contributed by atoms with van der Waals surface area (Å²) in [4.78, 5) is 39.5. The second-order valence-electron chi connectivity index (χ2n) is 7.42. The van der Waals surface area contributed by atoms with Crippen LogP contribution in [0.4, 0.5) is 0 Å². The van der Waals surface area contributed by atoms with Crippen molar-refractivity contribution in [1.29, 1.82) is 0 Å². The normalized spacial score (nSPS) is 31.8. The molecule has 0 bridgehead atoms. The first kappa shape index (κ1) is 16.3. The van der Waals surface area contributed by atoms with Crippen LogP contribution < -0.4 is 0 Å². The summed E-state index contributed by atoms with van der Waals surface area (Å²) >= 11 is 0. The van der Waals surface area contributed by atoms with E-state index in [9.17, 15) is 14.4 Å².